The van der Waals surface area contributed by atoms with Crippen molar-refractivity contribution in [3.05, 3.63) is 24.0 Å². The highest BCUT2D eigenvalue weighted by Crippen LogP contribution is 2.08. The Morgan fingerprint density at radius 1 is 1.75 bits per heavy atom. The molecule has 0 saturated carbocycles. The van der Waals surface area contributed by atoms with Gasteiger partial charge >= 0.3 is 0 Å². The van der Waals surface area contributed by atoms with E-state index in [1.807, 2.05) is 0 Å². The number of aromatic nitrogens is 1. The molecular weight excluding hydrogens is 176 g/mol. The maximum Gasteiger partial charge on any atom is 0.221 e. The Labute approximate surface area is 75.8 Å². The zero-order valence-electron chi connectivity index (χ0n) is 6.67. The number of anilines is 1. The fourth-order valence-corrected chi connectivity index (χ4v) is 0.978. The van der Waals surface area contributed by atoms with E-state index in [9.17, 15) is 4.79 Å². The number of carbonyl (C=O) groups is 1. The molecule has 1 amide bonds. The Bertz CT molecular complexity index is 288. The van der Waals surface area contributed by atoms with Gasteiger partial charge in [0.15, 0.2) is 0 Å². The van der Waals surface area contributed by atoms with Crippen LogP contribution in [0.25, 0.3) is 0 Å². The van der Waals surface area contributed by atoms with E-state index < -0.39 is 0 Å². The van der Waals surface area contributed by atoms with Gasteiger partial charge in [-0.15, -0.1) is 11.6 Å². The largest absolute Gasteiger partial charge is 0.326 e. The molecule has 0 aliphatic carbocycles. The molecule has 1 rings (SSSR count). The lowest BCUT2D eigenvalue weighted by Gasteiger charge is -2.01. The Hall–Kier alpha value is -1.09. The summed E-state index contributed by atoms with van der Waals surface area (Å²) < 4.78 is 0. The predicted molar refractivity (Wildman–Crippen MR) is 48.1 cm³/mol. The fraction of sp³-hybridized carbons (Fsp3) is 0.250. The number of alkyl halides is 1. The van der Waals surface area contributed by atoms with E-state index in [0.29, 0.717) is 5.88 Å². The molecule has 3 nitrogen and oxygen atoms in total. The molecule has 0 fully saturated rings. The first kappa shape index (κ1) is 9.00. The Balaban J connectivity index is 2.79. The minimum absolute atomic E-state index is 0.0956. The zero-order valence-corrected chi connectivity index (χ0v) is 7.43. The molecule has 0 radical (unpaired) electrons. The first-order chi connectivity index (χ1) is 5.72. The van der Waals surface area contributed by atoms with Gasteiger partial charge in [0.05, 0.1) is 11.6 Å². The minimum atomic E-state index is -0.0956. The SMILES string of the molecule is CC(=O)Nc1ccnc(CCl)c1. The van der Waals surface area contributed by atoms with Crippen LogP contribution in [0.5, 0.6) is 0 Å². The van der Waals surface area contributed by atoms with Gasteiger partial charge in [0.25, 0.3) is 0 Å². The summed E-state index contributed by atoms with van der Waals surface area (Å²) >= 11 is 5.56. The van der Waals surface area contributed by atoms with Crippen LogP contribution in [0.1, 0.15) is 12.6 Å². The third-order valence-corrected chi connectivity index (χ3v) is 1.55. The van der Waals surface area contributed by atoms with Gasteiger partial charge in [-0.3, -0.25) is 9.78 Å². The molecule has 4 heteroatoms. The Kier molecular flexibility index (Phi) is 3.05. The number of hydrogen-bond acceptors (Lipinski definition) is 2. The average molecular weight is 185 g/mol. The van der Waals surface area contributed by atoms with Gasteiger partial charge in [0.2, 0.25) is 5.91 Å². The van der Waals surface area contributed by atoms with Crippen molar-refractivity contribution in [1.29, 1.82) is 0 Å². The van der Waals surface area contributed by atoms with Crippen LogP contribution < -0.4 is 5.32 Å². The standard InChI is InChI=1S/C8H9ClN2O/c1-6(12)11-7-2-3-10-8(4-7)5-9/h2-4H,5H2,1H3,(H,10,11,12). The minimum Gasteiger partial charge on any atom is -0.326 e. The van der Waals surface area contributed by atoms with Gasteiger partial charge in [0, 0.05) is 18.8 Å². The number of halogens is 1. The second-order valence-corrected chi connectivity index (χ2v) is 2.62. The number of nitrogens with zero attached hydrogens (tertiary/aromatic N) is 1. The van der Waals surface area contributed by atoms with Gasteiger partial charge in [-0.2, -0.15) is 0 Å². The zero-order chi connectivity index (χ0) is 8.97. The fourth-order valence-electron chi connectivity index (χ4n) is 0.832. The monoisotopic (exact) mass is 184 g/mol. The normalized spacial score (nSPS) is 9.50. The van der Waals surface area contributed by atoms with E-state index >= 15 is 0 Å². The number of hydrogen-bond donors (Lipinski definition) is 1. The molecule has 0 atom stereocenters. The summed E-state index contributed by atoms with van der Waals surface area (Å²) in [6, 6.07) is 3.46. The van der Waals surface area contributed by atoms with Gasteiger partial charge in [-0.25, -0.2) is 0 Å². The summed E-state index contributed by atoms with van der Waals surface area (Å²) in [6.07, 6.45) is 1.61. The van der Waals surface area contributed by atoms with Crippen molar-refractivity contribution in [2.75, 3.05) is 5.32 Å². The summed E-state index contributed by atoms with van der Waals surface area (Å²) in [4.78, 5) is 14.6. The summed E-state index contributed by atoms with van der Waals surface area (Å²) in [5.74, 6) is 0.259. The molecule has 0 aliphatic rings. The lowest BCUT2D eigenvalue weighted by Crippen LogP contribution is -2.06. The lowest BCUT2D eigenvalue weighted by atomic mass is 10.3. The topological polar surface area (TPSA) is 42.0 Å². The summed E-state index contributed by atoms with van der Waals surface area (Å²) in [6.45, 7) is 1.46. The molecule has 1 aromatic rings. The van der Waals surface area contributed by atoms with Gasteiger partial charge in [-0.05, 0) is 12.1 Å². The van der Waals surface area contributed by atoms with Crippen molar-refractivity contribution in [2.24, 2.45) is 0 Å². The summed E-state index contributed by atoms with van der Waals surface area (Å²) in [5, 5.41) is 2.64. The van der Waals surface area contributed by atoms with Crippen molar-refractivity contribution >= 4 is 23.2 Å². The highest BCUT2D eigenvalue weighted by Gasteiger charge is 1.96. The molecular formula is C8H9ClN2O. The molecule has 0 aromatic carbocycles. The van der Waals surface area contributed by atoms with Crippen molar-refractivity contribution in [3.8, 4) is 0 Å². The Morgan fingerprint density at radius 3 is 3.08 bits per heavy atom. The molecule has 0 aliphatic heterocycles. The molecule has 0 spiro atoms. The van der Waals surface area contributed by atoms with Crippen LogP contribution in [0.3, 0.4) is 0 Å². The van der Waals surface area contributed by atoms with Crippen molar-refractivity contribution < 1.29 is 4.79 Å². The van der Waals surface area contributed by atoms with E-state index in [-0.39, 0.29) is 5.91 Å². The molecule has 0 bridgehead atoms. The predicted octanol–water partition coefficient (Wildman–Crippen LogP) is 1.78. The van der Waals surface area contributed by atoms with Gasteiger partial charge in [0.1, 0.15) is 0 Å². The highest BCUT2D eigenvalue weighted by molar-refractivity contribution is 6.16. The van der Waals surface area contributed by atoms with Gasteiger partial charge < -0.3 is 5.32 Å². The number of carbonyl (C=O) groups excluding carboxylic acids is 1. The molecule has 1 aromatic heterocycles. The van der Waals surface area contributed by atoms with Crippen molar-refractivity contribution in [3.63, 3.8) is 0 Å². The van der Waals surface area contributed by atoms with E-state index in [1.165, 1.54) is 6.92 Å². The highest BCUT2D eigenvalue weighted by atomic mass is 35.5. The quantitative estimate of drug-likeness (QED) is 0.712. The second-order valence-electron chi connectivity index (χ2n) is 2.35. The lowest BCUT2D eigenvalue weighted by molar-refractivity contribution is -0.114. The molecule has 64 valence electrons. The number of nitrogens with one attached hydrogen (secondary N) is 1. The first-order valence-corrected chi connectivity index (χ1v) is 4.04. The van der Waals surface area contributed by atoms with E-state index in [2.05, 4.69) is 10.3 Å². The average Bonchev–Trinajstić information content (AvgIpc) is 2.03. The summed E-state index contributed by atoms with van der Waals surface area (Å²) in [5.41, 5.74) is 1.48. The number of rotatable bonds is 2. The third kappa shape index (κ3) is 2.51. The van der Waals surface area contributed by atoms with Crippen molar-refractivity contribution in [2.45, 2.75) is 12.8 Å². The summed E-state index contributed by atoms with van der Waals surface area (Å²) in [7, 11) is 0. The molecule has 1 heterocycles. The molecule has 0 unspecified atom stereocenters. The maximum atomic E-state index is 10.6. The van der Waals surface area contributed by atoms with Crippen LogP contribution in [-0.2, 0) is 10.7 Å². The number of amides is 1. The van der Waals surface area contributed by atoms with Crippen LogP contribution in [0.4, 0.5) is 5.69 Å². The van der Waals surface area contributed by atoms with Crippen LogP contribution in [0.15, 0.2) is 18.3 Å². The van der Waals surface area contributed by atoms with E-state index in [0.717, 1.165) is 11.4 Å². The molecule has 0 saturated heterocycles. The smallest absolute Gasteiger partial charge is 0.221 e. The molecule has 1 N–H and O–H groups in total. The van der Waals surface area contributed by atoms with E-state index in [4.69, 9.17) is 11.6 Å². The van der Waals surface area contributed by atoms with Crippen LogP contribution in [-0.4, -0.2) is 10.9 Å². The van der Waals surface area contributed by atoms with Crippen LogP contribution in [0, 0.1) is 0 Å². The number of pyridine rings is 1. The van der Waals surface area contributed by atoms with Gasteiger partial charge in [-0.1, -0.05) is 0 Å². The first-order valence-electron chi connectivity index (χ1n) is 3.51. The Morgan fingerprint density at radius 2 is 2.50 bits per heavy atom. The second kappa shape index (κ2) is 4.07. The maximum absolute atomic E-state index is 10.6. The van der Waals surface area contributed by atoms with Crippen LogP contribution >= 0.6 is 11.6 Å². The van der Waals surface area contributed by atoms with E-state index in [1.54, 1.807) is 18.3 Å². The van der Waals surface area contributed by atoms with Crippen LogP contribution in [0.2, 0.25) is 0 Å². The third-order valence-electron chi connectivity index (χ3n) is 1.27. The molecule has 12 heavy (non-hydrogen) atoms. The van der Waals surface area contributed by atoms with Crippen molar-refractivity contribution in [1.82, 2.24) is 4.98 Å².